The number of para-hydroxylation sites is 7. The van der Waals surface area contributed by atoms with E-state index in [1.807, 2.05) is 153 Å². The summed E-state index contributed by atoms with van der Waals surface area (Å²) < 4.78 is 25.5. The van der Waals surface area contributed by atoms with E-state index < -0.39 is 0 Å². The number of benzene rings is 7. The number of ether oxygens (including phenoxy) is 5. The summed E-state index contributed by atoms with van der Waals surface area (Å²) in [7, 11) is 4.91. The SMILES string of the molecule is C.C=CCc1ccc2cccc(OC(C)=O)c2n1.C=Cc1ccc2cccc(OC(C)=O)c2n1.CC(=O)Oc1cccc2ccc(/C=C\O)nc12.CC(=O)Oc1cccc2ccc(CC=O)nc12.CN.CN.CNCCc1ccc2cccc(OC(C)=O)c2n1.Cc1ccc2cccc(O)c2n1.O.OCCc1ccc2cccc(O)c2n1. The monoisotopic (exact) mass is 1590 g/mol. The fourth-order valence-electron chi connectivity index (χ4n) is 10.7. The first-order chi connectivity index (χ1) is 55.6. The first kappa shape index (κ1) is 95.2. The van der Waals surface area contributed by atoms with E-state index in [4.69, 9.17) is 33.9 Å². The van der Waals surface area contributed by atoms with E-state index in [0.29, 0.717) is 86.1 Å². The van der Waals surface area contributed by atoms with E-state index in [0.717, 1.165) is 97.2 Å². The highest BCUT2D eigenvalue weighted by atomic mass is 16.6. The molecule has 7 aromatic carbocycles. The van der Waals surface area contributed by atoms with Crippen LogP contribution >= 0.6 is 0 Å². The number of aldehydes is 1. The molecule has 11 N–H and O–H groups in total. The number of carbonyl (C=O) groups excluding carboxylic acids is 6. The highest BCUT2D eigenvalue weighted by Gasteiger charge is 2.13. The van der Waals surface area contributed by atoms with E-state index >= 15 is 0 Å². The van der Waals surface area contributed by atoms with E-state index in [9.17, 15) is 39.0 Å². The van der Waals surface area contributed by atoms with Gasteiger partial charge in [-0.3, -0.25) is 24.0 Å². The summed E-state index contributed by atoms with van der Waals surface area (Å²) in [5.74, 6) is 0.976. The molecule has 0 atom stereocenters. The second kappa shape index (κ2) is 50.1. The second-order valence-electron chi connectivity index (χ2n) is 24.2. The molecule has 14 aromatic rings. The highest BCUT2D eigenvalue weighted by Crippen LogP contribution is 2.30. The third-order valence-electron chi connectivity index (χ3n) is 15.6. The smallest absolute Gasteiger partial charge is 0.308 e. The molecule has 117 heavy (non-hydrogen) atoms. The van der Waals surface area contributed by atoms with Crippen LogP contribution in [0.1, 0.15) is 81.9 Å². The van der Waals surface area contributed by atoms with Crippen molar-refractivity contribution in [2.45, 2.75) is 74.7 Å². The summed E-state index contributed by atoms with van der Waals surface area (Å²) in [5.41, 5.74) is 19.2. The van der Waals surface area contributed by atoms with Gasteiger partial charge in [0.1, 0.15) is 56.4 Å². The molecule has 0 amide bonds. The minimum atomic E-state index is -0.389. The van der Waals surface area contributed by atoms with Gasteiger partial charge in [0.05, 0.1) is 17.6 Å². The lowest BCUT2D eigenvalue weighted by Gasteiger charge is -2.07. The second-order valence-corrected chi connectivity index (χ2v) is 24.2. The van der Waals surface area contributed by atoms with Gasteiger partial charge in [-0.05, 0) is 125 Å². The maximum absolute atomic E-state index is 11.1. The number of hydrogen-bond donors (Lipinski definition) is 7. The van der Waals surface area contributed by atoms with Gasteiger partial charge in [0, 0.05) is 140 Å². The van der Waals surface area contributed by atoms with Crippen molar-refractivity contribution in [2.75, 3.05) is 34.3 Å². The molecule has 0 radical (unpaired) electrons. The quantitative estimate of drug-likeness (QED) is 0.0155. The molecular formula is C91H98N10O16. The van der Waals surface area contributed by atoms with Crippen LogP contribution in [0.5, 0.6) is 40.2 Å². The third kappa shape index (κ3) is 29.7. The molecule has 0 bridgehead atoms. The lowest BCUT2D eigenvalue weighted by Crippen LogP contribution is -2.11. The zero-order valence-electron chi connectivity index (χ0n) is 65.8. The number of aryl methyl sites for hydroxylation is 1. The fourth-order valence-corrected chi connectivity index (χ4v) is 10.7. The lowest BCUT2D eigenvalue weighted by atomic mass is 10.1. The number of phenolic OH excluding ortho intramolecular Hbond substituents is 2. The van der Waals surface area contributed by atoms with Gasteiger partial charge >= 0.3 is 29.8 Å². The molecule has 26 heteroatoms. The van der Waals surface area contributed by atoms with Crippen molar-refractivity contribution in [3.63, 3.8) is 0 Å². The number of aliphatic hydroxyl groups excluding tert-OH is 2. The number of likely N-dealkylation sites (N-methyl/N-ethyl adjacent to an activating group) is 1. The molecule has 0 aliphatic heterocycles. The first-order valence-electron chi connectivity index (χ1n) is 36.0. The molecule has 0 fully saturated rings. The van der Waals surface area contributed by atoms with Crippen molar-refractivity contribution >= 4 is 125 Å². The Morgan fingerprint density at radius 1 is 0.402 bits per heavy atom. The number of aromatic hydroxyl groups is 2. The molecule has 608 valence electrons. The number of hydrogen-bond acceptors (Lipinski definition) is 25. The van der Waals surface area contributed by atoms with Crippen LogP contribution in [-0.4, -0.2) is 131 Å². The lowest BCUT2D eigenvalue weighted by molar-refractivity contribution is -0.132. The van der Waals surface area contributed by atoms with Crippen LogP contribution in [0.25, 0.3) is 88.5 Å². The topological polar surface area (TPSA) is 415 Å². The molecule has 0 saturated heterocycles. The number of nitrogens with zero attached hydrogens (tertiary/aromatic N) is 7. The van der Waals surface area contributed by atoms with Gasteiger partial charge in [0.15, 0.2) is 28.7 Å². The van der Waals surface area contributed by atoms with Crippen molar-refractivity contribution in [1.82, 2.24) is 40.2 Å². The molecule has 0 unspecified atom stereocenters. The molecule has 0 spiro atoms. The number of nitrogens with two attached hydrogens (primary N) is 2. The molecule has 14 rings (SSSR count). The third-order valence-corrected chi connectivity index (χ3v) is 15.6. The summed E-state index contributed by atoms with van der Waals surface area (Å²) in [6.45, 7) is 17.0. The van der Waals surface area contributed by atoms with Gasteiger partial charge in [0.25, 0.3) is 0 Å². The van der Waals surface area contributed by atoms with Crippen LogP contribution in [-0.2, 0) is 54.5 Å². The molecule has 7 aromatic heterocycles. The van der Waals surface area contributed by atoms with Crippen LogP contribution < -0.4 is 40.5 Å². The Balaban J connectivity index is 0.000000285. The highest BCUT2D eigenvalue weighted by molar-refractivity contribution is 5.92. The Labute approximate surface area is 678 Å². The number of fused-ring (bicyclic) bond motifs is 7. The Bertz CT molecular complexity index is 5600. The number of pyridine rings is 7. The van der Waals surface area contributed by atoms with Gasteiger partial charge in [-0.1, -0.05) is 147 Å². The van der Waals surface area contributed by atoms with Gasteiger partial charge < -0.3 is 71.2 Å². The largest absolute Gasteiger partial charge is 0.516 e. The molecule has 26 nitrogen and oxygen atoms in total. The minimum absolute atomic E-state index is 0. The normalized spacial score (nSPS) is 9.98. The summed E-state index contributed by atoms with van der Waals surface area (Å²) in [4.78, 5) is 95.8. The van der Waals surface area contributed by atoms with Crippen molar-refractivity contribution in [3.8, 4) is 40.2 Å². The van der Waals surface area contributed by atoms with E-state index in [1.54, 1.807) is 84.9 Å². The van der Waals surface area contributed by atoms with Crippen molar-refractivity contribution in [1.29, 1.82) is 0 Å². The Morgan fingerprint density at radius 3 is 1.05 bits per heavy atom. The number of aliphatic hydroxyl groups is 2. The van der Waals surface area contributed by atoms with E-state index in [1.165, 1.54) is 54.8 Å². The van der Waals surface area contributed by atoms with Crippen LogP contribution in [0.4, 0.5) is 0 Å². The summed E-state index contributed by atoms with van der Waals surface area (Å²) in [5, 5.41) is 46.0. The van der Waals surface area contributed by atoms with Crippen molar-refractivity contribution < 1.29 is 78.4 Å². The number of esters is 5. The molecule has 0 aliphatic rings. The predicted molar refractivity (Wildman–Crippen MR) is 461 cm³/mol. The van der Waals surface area contributed by atoms with Crippen molar-refractivity contribution in [2.24, 2.45) is 11.5 Å². The number of rotatable bonds is 16. The molecular weight excluding hydrogens is 1490 g/mol. The number of nitrogens with one attached hydrogen (secondary N) is 1. The standard InChI is InChI=1S/C14H16N2O2.C14H13NO2.2C13H11NO3.C13H11NO2.C11H11NO2.C10H9NO.2CH5N.CH4.H2O/c1-10(17)18-13-5-3-4-11-6-7-12(8-9-15-2)16-14(11)13;1-3-5-12-9-8-11-6-4-7-13(14(11)15-12)17-10(2)16;2*1-9(16)17-12-4-2-3-10-5-6-11(7-8-15)14-13(10)12;1-3-11-8-7-10-5-4-6-12(13(10)14-11)16-9(2)15;13-7-6-9-5-4-8-2-1-3-10(14)11(8)12-9;1-7-5-6-8-3-2-4-9(12)10(8)11-7;2*1-2;;/h3-7,15H,8-9H2,1-2H3;3-4,6-9H,1,5H2,2H3;2-6,8H,7H2,1H3;2-8,15H,1H3;3-8H,1H2,2H3;1-5,13-14H,6-7H2;2-6,12H,1H3;2*2H2,1H3;1H4;1H2/b;;;8-7-;;;;;;;. The average molecular weight is 1590 g/mol. The van der Waals surface area contributed by atoms with Crippen LogP contribution in [0.2, 0.25) is 0 Å². The zero-order valence-corrected chi connectivity index (χ0v) is 65.8. The van der Waals surface area contributed by atoms with Gasteiger partial charge in [0.2, 0.25) is 0 Å². The number of phenols is 2. The Hall–Kier alpha value is -14.2. The molecule has 0 saturated carbocycles. The van der Waals surface area contributed by atoms with Crippen LogP contribution in [0.15, 0.2) is 238 Å². The Kier molecular flexibility index (Phi) is 40.7. The summed E-state index contributed by atoms with van der Waals surface area (Å²) in [6, 6.07) is 64.6. The van der Waals surface area contributed by atoms with E-state index in [-0.39, 0.29) is 67.3 Å². The summed E-state index contributed by atoms with van der Waals surface area (Å²) in [6.07, 6.45) is 8.95. The number of aromatic nitrogens is 7. The van der Waals surface area contributed by atoms with Crippen molar-refractivity contribution in [3.05, 3.63) is 278 Å². The van der Waals surface area contributed by atoms with Gasteiger partial charge in [-0.2, -0.15) is 0 Å². The molecule has 7 heterocycles. The fraction of sp³-hybridized carbons (Fsp3) is 0.176. The summed E-state index contributed by atoms with van der Waals surface area (Å²) >= 11 is 0. The zero-order chi connectivity index (χ0) is 83.8. The number of allylic oxidation sites excluding steroid dienone is 1. The minimum Gasteiger partial charge on any atom is -0.516 e. The van der Waals surface area contributed by atoms with E-state index in [2.05, 4.69) is 64.8 Å². The van der Waals surface area contributed by atoms with Crippen LogP contribution in [0.3, 0.4) is 0 Å². The maximum Gasteiger partial charge on any atom is 0.308 e. The van der Waals surface area contributed by atoms with Gasteiger partial charge in [-0.25, -0.2) is 34.9 Å². The number of carbonyl (C=O) groups is 6. The maximum atomic E-state index is 11.1. The predicted octanol–water partition coefficient (Wildman–Crippen LogP) is 14.9. The molecule has 0 aliphatic carbocycles. The average Bonchev–Trinajstić information content (AvgIpc) is 0.829. The Morgan fingerprint density at radius 2 is 0.701 bits per heavy atom. The van der Waals surface area contributed by atoms with Crippen LogP contribution in [0, 0.1) is 6.92 Å². The first-order valence-corrected chi connectivity index (χ1v) is 36.0. The van der Waals surface area contributed by atoms with Gasteiger partial charge in [-0.15, -0.1) is 6.58 Å².